The number of aromatic hydroxyl groups is 1. The summed E-state index contributed by atoms with van der Waals surface area (Å²) in [6.07, 6.45) is 23.2. The maximum Gasteiger partial charge on any atom is 0.184 e. The van der Waals surface area contributed by atoms with Crippen LogP contribution in [-0.2, 0) is 29.1 Å². The molecule has 0 saturated heterocycles. The Labute approximate surface area is 233 Å². The van der Waals surface area contributed by atoms with Crippen LogP contribution in [0.5, 0.6) is 5.75 Å². The second-order valence-electron chi connectivity index (χ2n) is 7.77. The first kappa shape index (κ1) is 26.2. The zero-order valence-corrected chi connectivity index (χ0v) is 21.6. The van der Waals surface area contributed by atoms with E-state index in [0.29, 0.717) is 0 Å². The number of hydrogen-bond donors (Lipinski definition) is 1. The van der Waals surface area contributed by atoms with Crippen molar-refractivity contribution in [2.75, 3.05) is 0 Å². The van der Waals surface area contributed by atoms with Crippen molar-refractivity contribution in [1.82, 2.24) is 0 Å². The summed E-state index contributed by atoms with van der Waals surface area (Å²) in [5.74, 6) is -0.194. The van der Waals surface area contributed by atoms with Crippen LogP contribution in [0.1, 0.15) is 0 Å². The van der Waals surface area contributed by atoms with E-state index >= 15 is 0 Å². The molecule has 0 saturated carbocycles. The van der Waals surface area contributed by atoms with Crippen LogP contribution >= 0.6 is 12.2 Å². The molecule has 37 heavy (non-hydrogen) atoms. The van der Waals surface area contributed by atoms with E-state index in [0.717, 1.165) is 43.6 Å². The molecule has 0 unspecified atom stereocenters. The van der Waals surface area contributed by atoms with Crippen molar-refractivity contribution in [1.29, 1.82) is 0 Å². The van der Waals surface area contributed by atoms with E-state index in [1.807, 2.05) is 24.3 Å². The van der Waals surface area contributed by atoms with Crippen LogP contribution in [0.2, 0.25) is 0 Å². The topological polar surface area (TPSA) is 93.7 Å². The number of rotatable bonds is 0. The van der Waals surface area contributed by atoms with Crippen LogP contribution in [0.25, 0.3) is 45.6 Å². The second-order valence-corrected chi connectivity index (χ2v) is 8.58. The maximum absolute atomic E-state index is 10.3. The van der Waals surface area contributed by atoms with Gasteiger partial charge in [0.1, 0.15) is 10.3 Å². The minimum atomic E-state index is -0.382. The van der Waals surface area contributed by atoms with E-state index in [9.17, 15) is 4.79 Å². The fourth-order valence-electron chi connectivity index (χ4n) is 3.72. The van der Waals surface area contributed by atoms with Gasteiger partial charge in [0.25, 0.3) is 0 Å². The molecule has 4 heterocycles. The number of nitrogens with zero attached hydrogens (tertiary/aromatic N) is 4. The smallest absolute Gasteiger partial charge is 0.184 e. The zero-order chi connectivity index (χ0) is 25.1. The van der Waals surface area contributed by atoms with Gasteiger partial charge in [-0.2, -0.15) is 24.8 Å². The minimum Gasteiger partial charge on any atom is -0.772 e. The second kappa shape index (κ2) is 11.4. The molecule has 6 nitrogen and oxygen atoms in total. The van der Waals surface area contributed by atoms with Gasteiger partial charge in [0, 0.05) is 16.5 Å². The molecule has 7 rings (SSSR count). The van der Waals surface area contributed by atoms with E-state index < -0.39 is 0 Å². The van der Waals surface area contributed by atoms with Gasteiger partial charge in [-0.05, 0) is 20.9 Å². The minimum absolute atomic E-state index is 0. The first-order valence-electron chi connectivity index (χ1n) is 10.9. The van der Waals surface area contributed by atoms with E-state index in [4.69, 9.17) is 5.11 Å². The first-order valence-corrected chi connectivity index (χ1v) is 11.7. The quantitative estimate of drug-likeness (QED) is 0.239. The summed E-state index contributed by atoms with van der Waals surface area (Å²) in [6, 6.07) is 8.30. The van der Waals surface area contributed by atoms with Crippen molar-refractivity contribution in [3.05, 3.63) is 130 Å². The predicted molar refractivity (Wildman–Crippen MR) is 151 cm³/mol. The van der Waals surface area contributed by atoms with Crippen molar-refractivity contribution in [2.24, 2.45) is 0 Å². The fourth-order valence-corrected chi connectivity index (χ4v) is 4.26. The summed E-state index contributed by atoms with van der Waals surface area (Å²) in [5.41, 5.74) is 3.53. The summed E-state index contributed by atoms with van der Waals surface area (Å²) in [5, 5.41) is 30.5. The standard InChI is InChI=1S/2C12H8N2.C4H2O2S2.Ni/c2*1-3-9-5-6-10-4-2-8-14-12(10)11(9)13-7-1;5-1-3(7)2(6)4(1)8;/h2*1-8H;5,7H;/q2*-2;;/p-1. The average Bonchev–Trinajstić information content (AvgIpc) is 2.96. The van der Waals surface area contributed by atoms with Gasteiger partial charge in [-0.15, -0.1) is 22.7 Å². The molecule has 3 aromatic rings. The Morgan fingerprint density at radius 2 is 0.919 bits per heavy atom. The summed E-state index contributed by atoms with van der Waals surface area (Å²) in [6.45, 7) is 0. The van der Waals surface area contributed by atoms with E-state index in [1.165, 1.54) is 0 Å². The van der Waals surface area contributed by atoms with Gasteiger partial charge in [-0.1, -0.05) is 90.0 Å². The molecule has 0 fully saturated rings. The Kier molecular flexibility index (Phi) is 8.09. The van der Waals surface area contributed by atoms with Crippen molar-refractivity contribution in [3.8, 4) is 5.75 Å². The predicted octanol–water partition coefficient (Wildman–Crippen LogP) is 4.89. The Hall–Kier alpha value is -3.91. The normalized spacial score (nSPS) is 13.8. The van der Waals surface area contributed by atoms with Crippen LogP contribution < -0.4 is 26.3 Å². The van der Waals surface area contributed by atoms with E-state index in [1.54, 1.807) is 24.8 Å². The summed E-state index contributed by atoms with van der Waals surface area (Å²) < 4.78 is -0.0324. The van der Waals surface area contributed by atoms with Gasteiger partial charge < -0.3 is 39.0 Å². The molecule has 0 aliphatic carbocycles. The Morgan fingerprint density at radius 1 is 0.622 bits per heavy atom. The molecular weight excluding hydrogens is 547 g/mol. The summed E-state index contributed by atoms with van der Waals surface area (Å²) in [4.78, 5) is 10.3. The molecule has 0 radical (unpaired) electrons. The maximum atomic E-state index is 10.3. The van der Waals surface area contributed by atoms with Crippen molar-refractivity contribution >= 4 is 71.9 Å². The largest absolute Gasteiger partial charge is 0.772 e. The van der Waals surface area contributed by atoms with Crippen molar-refractivity contribution in [2.45, 2.75) is 4.90 Å². The Morgan fingerprint density at radius 3 is 1.14 bits per heavy atom. The average molecular weight is 564 g/mol. The van der Waals surface area contributed by atoms with Gasteiger partial charge in [-0.3, -0.25) is 4.79 Å². The van der Waals surface area contributed by atoms with E-state index in [-0.39, 0.29) is 37.1 Å². The zero-order valence-electron chi connectivity index (χ0n) is 19.0. The van der Waals surface area contributed by atoms with Crippen LogP contribution in [0.4, 0.5) is 22.7 Å². The van der Waals surface area contributed by atoms with Gasteiger partial charge in [0.05, 0.1) is 0 Å². The number of fused-ring (bicyclic) bond motifs is 6. The molecule has 4 aliphatic heterocycles. The molecule has 0 atom stereocenters. The Bertz CT molecular complexity index is 1580. The van der Waals surface area contributed by atoms with Crippen LogP contribution in [0, 0.1) is 4.51 Å². The third-order valence-corrected chi connectivity index (χ3v) is 6.29. The molecule has 1 N–H and O–H groups in total. The number of allylic oxidation sites excluding steroid dienone is 4. The van der Waals surface area contributed by atoms with Crippen LogP contribution in [0.3, 0.4) is 0 Å². The molecule has 3 aromatic carbocycles. The third kappa shape index (κ3) is 5.29. The van der Waals surface area contributed by atoms with Gasteiger partial charge in [0.2, 0.25) is 0 Å². The number of hydrogen-bond acceptors (Lipinski definition) is 4. The number of benzene rings is 2. The first-order chi connectivity index (χ1) is 17.5. The summed E-state index contributed by atoms with van der Waals surface area (Å²) >= 11 is 8.76. The molecule has 0 aromatic heterocycles. The fraction of sp³-hybridized carbons (Fsp3) is 0. The monoisotopic (exact) mass is 563 g/mol. The molecular formula is C28H17N4NiO2S2-5. The third-order valence-electron chi connectivity index (χ3n) is 5.53. The van der Waals surface area contributed by atoms with E-state index in [2.05, 4.69) is 94.7 Å². The SMILES string of the molecule is C1=C[N-]c2c3c(ccc2=C1)=CC=C[N-]3.C1=C[N-]c2c3c(ccc2=C1)=CC=C[N-]3.O=c1c([S-])c(O)c1=S.[Ni]. The molecule has 0 spiro atoms. The van der Waals surface area contributed by atoms with Crippen LogP contribution in [-0.4, -0.2) is 5.11 Å². The van der Waals surface area contributed by atoms with Crippen LogP contribution in [0.15, 0.2) is 83.1 Å². The van der Waals surface area contributed by atoms with Gasteiger partial charge >= 0.3 is 0 Å². The molecule has 0 bridgehead atoms. The molecule has 188 valence electrons. The molecule has 0 amide bonds. The molecule has 4 aliphatic rings. The molecule has 9 heteroatoms. The van der Waals surface area contributed by atoms with Gasteiger partial charge in [0.15, 0.2) is 5.43 Å². The van der Waals surface area contributed by atoms with Gasteiger partial charge in [-0.25, -0.2) is 0 Å². The summed E-state index contributed by atoms with van der Waals surface area (Å²) in [7, 11) is 0. The van der Waals surface area contributed by atoms with Crippen molar-refractivity contribution < 1.29 is 21.6 Å². The van der Waals surface area contributed by atoms with Crippen molar-refractivity contribution in [3.63, 3.8) is 0 Å². The Balaban J connectivity index is 0.000000133.